The molecule has 1 aliphatic rings. The number of nitrogens with zero attached hydrogens (tertiary/aromatic N) is 4. The molecule has 0 atom stereocenters. The van der Waals surface area contributed by atoms with Crippen LogP contribution in [0.15, 0.2) is 53.3 Å². The third kappa shape index (κ3) is 3.50. The number of carbonyl (C=O) groups excluding carboxylic acids is 1. The molecule has 0 unspecified atom stereocenters. The standard InChI is InChI=1S/C22H24N4O2/c1-16-6-5-7-18(14-16)24-10-12-25(13-11-24)21(27)15-26-22(28)20-9-4-3-8-19(20)17(2)23-26/h3-9,14H,10-13,15H2,1-2H3. The number of fused-ring (bicyclic) bond motifs is 1. The lowest BCUT2D eigenvalue weighted by atomic mass is 10.1. The van der Waals surface area contributed by atoms with Gasteiger partial charge in [0.15, 0.2) is 0 Å². The van der Waals surface area contributed by atoms with Crippen molar-refractivity contribution in [3.63, 3.8) is 0 Å². The van der Waals surface area contributed by atoms with Crippen molar-refractivity contribution >= 4 is 22.4 Å². The average molecular weight is 376 g/mol. The predicted octanol–water partition coefficient (Wildman–Crippen LogP) is 2.36. The molecule has 28 heavy (non-hydrogen) atoms. The van der Waals surface area contributed by atoms with Crippen LogP contribution in [0.5, 0.6) is 0 Å². The van der Waals surface area contributed by atoms with Gasteiger partial charge in [-0.2, -0.15) is 5.10 Å². The van der Waals surface area contributed by atoms with Gasteiger partial charge in [-0.15, -0.1) is 0 Å². The Morgan fingerprint density at radius 1 is 0.964 bits per heavy atom. The van der Waals surface area contributed by atoms with Crippen molar-refractivity contribution in [1.82, 2.24) is 14.7 Å². The first-order valence-electron chi connectivity index (χ1n) is 9.59. The second kappa shape index (κ2) is 7.46. The summed E-state index contributed by atoms with van der Waals surface area (Å²) in [5, 5.41) is 5.79. The minimum atomic E-state index is -0.215. The molecule has 1 fully saturated rings. The van der Waals surface area contributed by atoms with Crippen LogP contribution < -0.4 is 10.5 Å². The van der Waals surface area contributed by atoms with Gasteiger partial charge in [-0.3, -0.25) is 9.59 Å². The third-order valence-electron chi connectivity index (χ3n) is 5.34. The van der Waals surface area contributed by atoms with Gasteiger partial charge in [-0.25, -0.2) is 4.68 Å². The Morgan fingerprint density at radius 2 is 1.68 bits per heavy atom. The Kier molecular flexibility index (Phi) is 4.86. The van der Waals surface area contributed by atoms with E-state index < -0.39 is 0 Å². The van der Waals surface area contributed by atoms with Crippen LogP contribution in [0, 0.1) is 13.8 Å². The van der Waals surface area contributed by atoms with Gasteiger partial charge in [-0.05, 0) is 37.6 Å². The quantitative estimate of drug-likeness (QED) is 0.704. The number of aromatic nitrogens is 2. The van der Waals surface area contributed by atoms with Crippen LogP contribution in [0.4, 0.5) is 5.69 Å². The van der Waals surface area contributed by atoms with Crippen molar-refractivity contribution in [2.24, 2.45) is 0 Å². The largest absolute Gasteiger partial charge is 0.368 e. The van der Waals surface area contributed by atoms with E-state index in [1.807, 2.05) is 30.0 Å². The molecule has 4 rings (SSSR count). The van der Waals surface area contributed by atoms with Gasteiger partial charge in [0.1, 0.15) is 6.54 Å². The van der Waals surface area contributed by atoms with Crippen LogP contribution in [-0.2, 0) is 11.3 Å². The van der Waals surface area contributed by atoms with E-state index in [1.54, 1.807) is 6.07 Å². The Bertz CT molecular complexity index is 1080. The molecular formula is C22H24N4O2. The molecule has 0 aliphatic carbocycles. The predicted molar refractivity (Wildman–Crippen MR) is 111 cm³/mol. The lowest BCUT2D eigenvalue weighted by Gasteiger charge is -2.36. The fourth-order valence-electron chi connectivity index (χ4n) is 3.78. The smallest absolute Gasteiger partial charge is 0.275 e. The van der Waals surface area contributed by atoms with Crippen molar-refractivity contribution < 1.29 is 4.79 Å². The van der Waals surface area contributed by atoms with Crippen molar-refractivity contribution in [2.75, 3.05) is 31.1 Å². The highest BCUT2D eigenvalue weighted by atomic mass is 16.2. The molecule has 1 saturated heterocycles. The highest BCUT2D eigenvalue weighted by Gasteiger charge is 2.22. The zero-order chi connectivity index (χ0) is 19.7. The van der Waals surface area contributed by atoms with Gasteiger partial charge in [-0.1, -0.05) is 30.3 Å². The summed E-state index contributed by atoms with van der Waals surface area (Å²) in [6, 6.07) is 15.8. The maximum atomic E-state index is 12.8. The lowest BCUT2D eigenvalue weighted by molar-refractivity contribution is -0.132. The molecule has 1 amide bonds. The van der Waals surface area contributed by atoms with Gasteiger partial charge in [0.05, 0.1) is 11.1 Å². The SMILES string of the molecule is Cc1cccc(N2CCN(C(=O)Cn3nc(C)c4ccccc4c3=O)CC2)c1. The van der Waals surface area contributed by atoms with Crippen LogP contribution >= 0.6 is 0 Å². The van der Waals surface area contributed by atoms with Crippen molar-refractivity contribution in [2.45, 2.75) is 20.4 Å². The summed E-state index contributed by atoms with van der Waals surface area (Å²) in [6.07, 6.45) is 0. The number of hydrogen-bond donors (Lipinski definition) is 0. The number of carbonyl (C=O) groups is 1. The molecule has 2 aromatic carbocycles. The molecular weight excluding hydrogens is 352 g/mol. The molecule has 2 heterocycles. The van der Waals surface area contributed by atoms with Crippen LogP contribution in [-0.4, -0.2) is 46.8 Å². The molecule has 0 bridgehead atoms. The summed E-state index contributed by atoms with van der Waals surface area (Å²) in [7, 11) is 0. The van der Waals surface area contributed by atoms with Crippen LogP contribution in [0.2, 0.25) is 0 Å². The molecule has 0 spiro atoms. The zero-order valence-corrected chi connectivity index (χ0v) is 16.3. The summed E-state index contributed by atoms with van der Waals surface area (Å²) in [5.74, 6) is -0.0619. The minimum absolute atomic E-state index is 0.0189. The van der Waals surface area contributed by atoms with Crippen LogP contribution in [0.1, 0.15) is 11.3 Å². The average Bonchev–Trinajstić information content (AvgIpc) is 2.72. The van der Waals surface area contributed by atoms with E-state index in [-0.39, 0.29) is 18.0 Å². The molecule has 0 radical (unpaired) electrons. The summed E-state index contributed by atoms with van der Waals surface area (Å²) in [4.78, 5) is 29.6. The van der Waals surface area contributed by atoms with Crippen LogP contribution in [0.3, 0.4) is 0 Å². The molecule has 0 saturated carbocycles. The van der Waals surface area contributed by atoms with E-state index in [0.717, 1.165) is 24.2 Å². The highest BCUT2D eigenvalue weighted by molar-refractivity contribution is 5.83. The maximum Gasteiger partial charge on any atom is 0.275 e. The Labute approximate surface area is 164 Å². The van der Waals surface area contributed by atoms with E-state index in [4.69, 9.17) is 0 Å². The Morgan fingerprint density at radius 3 is 2.39 bits per heavy atom. The lowest BCUT2D eigenvalue weighted by Crippen LogP contribution is -2.50. The first kappa shape index (κ1) is 18.2. The summed E-state index contributed by atoms with van der Waals surface area (Å²) in [6.45, 7) is 6.79. The topological polar surface area (TPSA) is 58.4 Å². The normalized spacial score (nSPS) is 14.5. The number of benzene rings is 2. The molecule has 0 N–H and O–H groups in total. The molecule has 144 valence electrons. The second-order valence-corrected chi connectivity index (χ2v) is 7.30. The fraction of sp³-hybridized carbons (Fsp3) is 0.318. The second-order valence-electron chi connectivity index (χ2n) is 7.30. The van der Waals surface area contributed by atoms with Crippen LogP contribution in [0.25, 0.3) is 10.8 Å². The van der Waals surface area contributed by atoms with Gasteiger partial charge < -0.3 is 9.80 Å². The number of hydrogen-bond acceptors (Lipinski definition) is 4. The number of amides is 1. The monoisotopic (exact) mass is 376 g/mol. The fourth-order valence-corrected chi connectivity index (χ4v) is 3.78. The highest BCUT2D eigenvalue weighted by Crippen LogP contribution is 2.18. The van der Waals surface area contributed by atoms with Gasteiger partial charge in [0.2, 0.25) is 5.91 Å². The maximum absolute atomic E-state index is 12.8. The third-order valence-corrected chi connectivity index (χ3v) is 5.34. The molecule has 1 aliphatic heterocycles. The molecule has 6 nitrogen and oxygen atoms in total. The summed E-state index contributed by atoms with van der Waals surface area (Å²) < 4.78 is 1.30. The van der Waals surface area contributed by atoms with E-state index in [2.05, 4.69) is 41.2 Å². The summed E-state index contributed by atoms with van der Waals surface area (Å²) in [5.41, 5.74) is 2.96. The van der Waals surface area contributed by atoms with Gasteiger partial charge in [0.25, 0.3) is 5.56 Å². The molecule has 1 aromatic heterocycles. The minimum Gasteiger partial charge on any atom is -0.368 e. The van der Waals surface area contributed by atoms with Gasteiger partial charge >= 0.3 is 0 Å². The Balaban J connectivity index is 1.46. The number of anilines is 1. The van der Waals surface area contributed by atoms with E-state index in [9.17, 15) is 9.59 Å². The van der Waals surface area contributed by atoms with E-state index in [1.165, 1.54) is 15.9 Å². The van der Waals surface area contributed by atoms with Crippen molar-refractivity contribution in [3.8, 4) is 0 Å². The van der Waals surface area contributed by atoms with Crippen molar-refractivity contribution in [1.29, 1.82) is 0 Å². The van der Waals surface area contributed by atoms with Crippen molar-refractivity contribution in [3.05, 3.63) is 70.1 Å². The van der Waals surface area contributed by atoms with E-state index in [0.29, 0.717) is 18.5 Å². The first-order valence-corrected chi connectivity index (χ1v) is 9.59. The number of piperazine rings is 1. The first-order chi connectivity index (χ1) is 13.5. The van der Waals surface area contributed by atoms with E-state index >= 15 is 0 Å². The summed E-state index contributed by atoms with van der Waals surface area (Å²) >= 11 is 0. The molecule has 6 heteroatoms. The van der Waals surface area contributed by atoms with Gasteiger partial charge in [0, 0.05) is 37.3 Å². The number of aryl methyl sites for hydroxylation is 2. The number of rotatable bonds is 3. The Hall–Kier alpha value is -3.15. The zero-order valence-electron chi connectivity index (χ0n) is 16.3. The molecule has 3 aromatic rings.